The molecule has 0 aromatic heterocycles. The van der Waals surface area contributed by atoms with E-state index in [-0.39, 0.29) is 19.5 Å². The van der Waals surface area contributed by atoms with Gasteiger partial charge in [0.05, 0.1) is 0 Å². The van der Waals surface area contributed by atoms with E-state index in [1.165, 1.54) is 0 Å². The fourth-order valence-electron chi connectivity index (χ4n) is 0.778. The average Bonchev–Trinajstić information content (AvgIpc) is 2.05. The first-order chi connectivity index (χ1) is 5.22. The molecule has 3 nitrogen and oxygen atoms in total. The SMILES string of the molecule is O=C(O)[C@H](O)c1ccccc1.[Zn]. The van der Waals surface area contributed by atoms with Crippen LogP contribution in [0.4, 0.5) is 0 Å². The maximum absolute atomic E-state index is 10.2. The van der Waals surface area contributed by atoms with Crippen LogP contribution >= 0.6 is 0 Å². The van der Waals surface area contributed by atoms with Gasteiger partial charge in [-0.2, -0.15) is 0 Å². The second-order valence-corrected chi connectivity index (χ2v) is 2.15. The van der Waals surface area contributed by atoms with Crippen LogP contribution in [0.25, 0.3) is 0 Å². The Kier molecular flexibility index (Phi) is 4.71. The van der Waals surface area contributed by atoms with E-state index in [9.17, 15) is 4.79 Å². The molecule has 0 saturated carbocycles. The zero-order chi connectivity index (χ0) is 8.27. The van der Waals surface area contributed by atoms with Crippen LogP contribution in [0, 0.1) is 0 Å². The molecule has 0 radical (unpaired) electrons. The van der Waals surface area contributed by atoms with Gasteiger partial charge in [-0.05, 0) is 5.56 Å². The minimum absolute atomic E-state index is 0. The Hall–Kier alpha value is -0.727. The van der Waals surface area contributed by atoms with Gasteiger partial charge in [-0.15, -0.1) is 0 Å². The predicted molar refractivity (Wildman–Crippen MR) is 39.0 cm³/mol. The summed E-state index contributed by atoms with van der Waals surface area (Å²) < 4.78 is 0. The summed E-state index contributed by atoms with van der Waals surface area (Å²) in [5.41, 5.74) is 0.403. The molecule has 2 N–H and O–H groups in total. The van der Waals surface area contributed by atoms with E-state index in [4.69, 9.17) is 10.2 Å². The average molecular weight is 218 g/mol. The maximum atomic E-state index is 10.2. The molecule has 0 spiro atoms. The summed E-state index contributed by atoms with van der Waals surface area (Å²) in [6.07, 6.45) is -1.41. The van der Waals surface area contributed by atoms with Crippen molar-refractivity contribution >= 4 is 5.97 Å². The Labute approximate surface area is 82.8 Å². The fraction of sp³-hybridized carbons (Fsp3) is 0.125. The van der Waals surface area contributed by atoms with Crippen molar-refractivity contribution in [3.63, 3.8) is 0 Å². The van der Waals surface area contributed by atoms with Crippen LogP contribution < -0.4 is 0 Å². The molecule has 0 aliphatic carbocycles. The van der Waals surface area contributed by atoms with Crippen LogP contribution in [0.1, 0.15) is 11.7 Å². The van der Waals surface area contributed by atoms with Crippen molar-refractivity contribution in [3.8, 4) is 0 Å². The maximum Gasteiger partial charge on any atom is 0.337 e. The molecule has 0 amide bonds. The van der Waals surface area contributed by atoms with Crippen molar-refractivity contribution in [3.05, 3.63) is 35.9 Å². The van der Waals surface area contributed by atoms with Gasteiger partial charge in [0, 0.05) is 19.5 Å². The number of hydrogen-bond donors (Lipinski definition) is 2. The molecule has 0 unspecified atom stereocenters. The second kappa shape index (κ2) is 5.01. The summed E-state index contributed by atoms with van der Waals surface area (Å²) in [4.78, 5) is 10.2. The van der Waals surface area contributed by atoms with Gasteiger partial charge >= 0.3 is 5.97 Å². The normalized spacial score (nSPS) is 11.4. The number of carbonyl (C=O) groups is 1. The predicted octanol–water partition coefficient (Wildman–Crippen LogP) is 0.802. The van der Waals surface area contributed by atoms with Crippen LogP contribution in [0.3, 0.4) is 0 Å². The van der Waals surface area contributed by atoms with E-state index in [1.54, 1.807) is 30.3 Å². The topological polar surface area (TPSA) is 57.5 Å². The Bertz CT molecular complexity index is 248. The van der Waals surface area contributed by atoms with Gasteiger partial charge in [-0.3, -0.25) is 0 Å². The molecule has 60 valence electrons. The molecular formula is C8H8O3Zn. The number of aliphatic hydroxyl groups excluding tert-OH is 1. The first-order valence-corrected chi connectivity index (χ1v) is 3.17. The summed E-state index contributed by atoms with van der Waals surface area (Å²) in [6.45, 7) is 0. The Morgan fingerprint density at radius 3 is 2.17 bits per heavy atom. The standard InChI is InChI=1S/C8H8O3.Zn/c9-7(8(10)11)6-4-2-1-3-5-6;/h1-5,7,9H,(H,10,11);/t7-;/m1./s1. The fourth-order valence-corrected chi connectivity index (χ4v) is 0.778. The van der Waals surface area contributed by atoms with E-state index in [0.717, 1.165) is 0 Å². The Morgan fingerprint density at radius 1 is 1.25 bits per heavy atom. The van der Waals surface area contributed by atoms with Crippen molar-refractivity contribution in [1.29, 1.82) is 0 Å². The third-order valence-corrected chi connectivity index (χ3v) is 1.35. The molecule has 0 aliphatic heterocycles. The van der Waals surface area contributed by atoms with E-state index in [2.05, 4.69) is 0 Å². The number of rotatable bonds is 2. The monoisotopic (exact) mass is 216 g/mol. The van der Waals surface area contributed by atoms with Gasteiger partial charge in [-0.25, -0.2) is 4.79 Å². The second-order valence-electron chi connectivity index (χ2n) is 2.15. The molecule has 1 atom stereocenters. The van der Waals surface area contributed by atoms with E-state index < -0.39 is 12.1 Å². The van der Waals surface area contributed by atoms with Crippen LogP contribution in [-0.4, -0.2) is 16.2 Å². The zero-order valence-electron chi connectivity index (χ0n) is 6.47. The quantitative estimate of drug-likeness (QED) is 0.721. The van der Waals surface area contributed by atoms with Gasteiger partial charge in [-0.1, -0.05) is 30.3 Å². The number of carboxylic acid groups (broad SMARTS) is 1. The minimum Gasteiger partial charge on any atom is -0.479 e. The molecule has 12 heavy (non-hydrogen) atoms. The third kappa shape index (κ3) is 2.72. The van der Waals surface area contributed by atoms with Crippen LogP contribution in [0.2, 0.25) is 0 Å². The number of hydrogen-bond acceptors (Lipinski definition) is 2. The van der Waals surface area contributed by atoms with Gasteiger partial charge in [0.2, 0.25) is 0 Å². The van der Waals surface area contributed by atoms with Gasteiger partial charge in [0.1, 0.15) is 0 Å². The van der Waals surface area contributed by atoms with Crippen LogP contribution in [-0.2, 0) is 24.3 Å². The van der Waals surface area contributed by atoms with Gasteiger partial charge in [0.15, 0.2) is 6.10 Å². The number of carboxylic acids is 1. The van der Waals surface area contributed by atoms with Crippen molar-refractivity contribution < 1.29 is 34.5 Å². The molecule has 1 rings (SSSR count). The number of aliphatic hydroxyl groups is 1. The molecule has 4 heteroatoms. The minimum atomic E-state index is -1.41. The Balaban J connectivity index is 0.00000121. The first kappa shape index (κ1) is 11.3. The molecule has 0 fully saturated rings. The molecule has 0 heterocycles. The van der Waals surface area contributed by atoms with Crippen molar-refractivity contribution in [1.82, 2.24) is 0 Å². The van der Waals surface area contributed by atoms with Crippen LogP contribution in [0.15, 0.2) is 30.3 Å². The third-order valence-electron chi connectivity index (χ3n) is 1.35. The smallest absolute Gasteiger partial charge is 0.337 e. The molecule has 0 aliphatic rings. The summed E-state index contributed by atoms with van der Waals surface area (Å²) in [5, 5.41) is 17.4. The number of benzene rings is 1. The molecule has 0 saturated heterocycles. The molecule has 1 aromatic carbocycles. The Morgan fingerprint density at radius 2 is 1.75 bits per heavy atom. The molecular weight excluding hydrogens is 209 g/mol. The van der Waals surface area contributed by atoms with E-state index in [0.29, 0.717) is 5.56 Å². The molecule has 1 aromatic rings. The summed E-state index contributed by atoms with van der Waals surface area (Å²) in [7, 11) is 0. The zero-order valence-corrected chi connectivity index (χ0v) is 9.44. The van der Waals surface area contributed by atoms with Crippen molar-refractivity contribution in [2.45, 2.75) is 6.10 Å². The largest absolute Gasteiger partial charge is 0.479 e. The van der Waals surface area contributed by atoms with E-state index in [1.807, 2.05) is 0 Å². The summed E-state index contributed by atoms with van der Waals surface area (Å²) in [6, 6.07) is 8.26. The summed E-state index contributed by atoms with van der Waals surface area (Å²) >= 11 is 0. The number of aliphatic carboxylic acids is 1. The van der Waals surface area contributed by atoms with Crippen molar-refractivity contribution in [2.24, 2.45) is 0 Å². The van der Waals surface area contributed by atoms with Crippen LogP contribution in [0.5, 0.6) is 0 Å². The van der Waals surface area contributed by atoms with Crippen molar-refractivity contribution in [2.75, 3.05) is 0 Å². The summed E-state index contributed by atoms with van der Waals surface area (Å²) in [5.74, 6) is -1.23. The van der Waals surface area contributed by atoms with E-state index >= 15 is 0 Å². The van der Waals surface area contributed by atoms with Gasteiger partial charge in [0.25, 0.3) is 0 Å². The first-order valence-electron chi connectivity index (χ1n) is 3.17. The van der Waals surface area contributed by atoms with Gasteiger partial charge < -0.3 is 10.2 Å². The molecule has 0 bridgehead atoms.